The number of nitrogens with two attached hydrogens (primary N) is 1. The van der Waals surface area contributed by atoms with E-state index in [4.69, 9.17) is 5.73 Å². The molecular weight excluding hydrogens is 261 g/mol. The predicted octanol–water partition coefficient (Wildman–Crippen LogP) is 1.76. The first-order valence-electron chi connectivity index (χ1n) is 5.76. The maximum atomic E-state index is 12.3. The fraction of sp³-hybridized carbons (Fsp3) is 0.417. The first-order valence-corrected chi connectivity index (χ1v) is 5.76. The van der Waals surface area contributed by atoms with Crippen LogP contribution >= 0.6 is 0 Å². The van der Waals surface area contributed by atoms with Crippen molar-refractivity contribution >= 4 is 5.91 Å². The van der Waals surface area contributed by atoms with Crippen molar-refractivity contribution < 1.29 is 22.7 Å². The minimum atomic E-state index is -4.82. The molecule has 0 aromatic heterocycles. The van der Waals surface area contributed by atoms with Crippen LogP contribution in [0.3, 0.4) is 0 Å². The lowest BCUT2D eigenvalue weighted by molar-refractivity contribution is -0.274. The fourth-order valence-electron chi connectivity index (χ4n) is 2.00. The van der Waals surface area contributed by atoms with Crippen LogP contribution in [0.2, 0.25) is 0 Å². The maximum absolute atomic E-state index is 12.3. The monoisotopic (exact) mass is 274 g/mol. The van der Waals surface area contributed by atoms with Gasteiger partial charge in [0.1, 0.15) is 5.75 Å². The van der Waals surface area contributed by atoms with Gasteiger partial charge in [-0.15, -0.1) is 13.2 Å². The van der Waals surface area contributed by atoms with Crippen LogP contribution in [0.4, 0.5) is 13.2 Å². The first-order chi connectivity index (χ1) is 8.87. The largest absolute Gasteiger partial charge is 0.573 e. The Kier molecular flexibility index (Phi) is 3.66. The molecule has 1 amide bonds. The molecule has 1 aromatic carbocycles. The third-order valence-corrected chi connectivity index (χ3v) is 2.86. The van der Waals surface area contributed by atoms with Crippen molar-refractivity contribution in [1.82, 2.24) is 4.90 Å². The number of carbonyl (C=O) groups is 1. The van der Waals surface area contributed by atoms with Crippen LogP contribution in [0.5, 0.6) is 5.75 Å². The predicted molar refractivity (Wildman–Crippen MR) is 61.6 cm³/mol. The van der Waals surface area contributed by atoms with Gasteiger partial charge in [0.2, 0.25) is 0 Å². The SMILES string of the molecule is NC1CCN(C(=O)c2ccccc2OC(F)(F)F)C1. The van der Waals surface area contributed by atoms with E-state index in [1.54, 1.807) is 0 Å². The van der Waals surface area contributed by atoms with Crippen molar-refractivity contribution in [2.45, 2.75) is 18.8 Å². The summed E-state index contributed by atoms with van der Waals surface area (Å²) in [5.74, 6) is -0.978. The third kappa shape index (κ3) is 3.37. The van der Waals surface area contributed by atoms with E-state index < -0.39 is 18.0 Å². The van der Waals surface area contributed by atoms with Gasteiger partial charge in [-0.05, 0) is 18.6 Å². The molecule has 0 bridgehead atoms. The molecule has 2 rings (SSSR count). The van der Waals surface area contributed by atoms with E-state index in [-0.39, 0.29) is 11.6 Å². The van der Waals surface area contributed by atoms with Gasteiger partial charge in [0.05, 0.1) is 5.56 Å². The van der Waals surface area contributed by atoms with Crippen LogP contribution in [0.25, 0.3) is 0 Å². The van der Waals surface area contributed by atoms with E-state index in [0.717, 1.165) is 6.07 Å². The summed E-state index contributed by atoms with van der Waals surface area (Å²) >= 11 is 0. The van der Waals surface area contributed by atoms with Crippen LogP contribution in [0.15, 0.2) is 24.3 Å². The Morgan fingerprint density at radius 2 is 2.05 bits per heavy atom. The lowest BCUT2D eigenvalue weighted by Crippen LogP contribution is -2.32. The molecule has 0 saturated carbocycles. The van der Waals surface area contributed by atoms with Crippen molar-refractivity contribution in [2.75, 3.05) is 13.1 Å². The first kappa shape index (κ1) is 13.7. The Bertz CT molecular complexity index is 476. The van der Waals surface area contributed by atoms with Gasteiger partial charge in [0, 0.05) is 19.1 Å². The number of likely N-dealkylation sites (tertiary alicyclic amines) is 1. The Labute approximate surface area is 107 Å². The molecule has 1 saturated heterocycles. The zero-order valence-electron chi connectivity index (χ0n) is 9.98. The zero-order valence-corrected chi connectivity index (χ0v) is 9.98. The number of hydrogen-bond acceptors (Lipinski definition) is 3. The van der Waals surface area contributed by atoms with Crippen molar-refractivity contribution in [2.24, 2.45) is 5.73 Å². The summed E-state index contributed by atoms with van der Waals surface area (Å²) in [5.41, 5.74) is 5.57. The second-order valence-corrected chi connectivity index (χ2v) is 4.34. The lowest BCUT2D eigenvalue weighted by Gasteiger charge is -2.18. The van der Waals surface area contributed by atoms with Crippen LogP contribution in [0, 0.1) is 0 Å². The van der Waals surface area contributed by atoms with E-state index in [2.05, 4.69) is 4.74 Å². The normalized spacial score (nSPS) is 19.6. The minimum Gasteiger partial charge on any atom is -0.405 e. The van der Waals surface area contributed by atoms with Gasteiger partial charge < -0.3 is 15.4 Å². The number of alkyl halides is 3. The van der Waals surface area contributed by atoms with E-state index in [0.29, 0.717) is 19.5 Å². The fourth-order valence-corrected chi connectivity index (χ4v) is 2.00. The summed E-state index contributed by atoms with van der Waals surface area (Å²) in [7, 11) is 0. The maximum Gasteiger partial charge on any atom is 0.573 e. The average Bonchev–Trinajstić information content (AvgIpc) is 2.74. The number of nitrogens with zero attached hydrogens (tertiary/aromatic N) is 1. The molecule has 1 unspecified atom stereocenters. The molecule has 1 heterocycles. The average molecular weight is 274 g/mol. The van der Waals surface area contributed by atoms with Crippen molar-refractivity contribution in [3.05, 3.63) is 29.8 Å². The van der Waals surface area contributed by atoms with Crippen molar-refractivity contribution in [3.63, 3.8) is 0 Å². The van der Waals surface area contributed by atoms with Crippen LogP contribution in [0.1, 0.15) is 16.8 Å². The van der Waals surface area contributed by atoms with E-state index >= 15 is 0 Å². The molecule has 1 atom stereocenters. The van der Waals surface area contributed by atoms with Gasteiger partial charge in [-0.25, -0.2) is 0 Å². The van der Waals surface area contributed by atoms with E-state index in [1.807, 2.05) is 0 Å². The molecule has 0 aliphatic carbocycles. The number of amides is 1. The molecule has 1 fully saturated rings. The number of para-hydroxylation sites is 1. The number of hydrogen-bond donors (Lipinski definition) is 1. The Balaban J connectivity index is 2.22. The summed E-state index contributed by atoms with van der Waals surface area (Å²) in [6.45, 7) is 0.791. The lowest BCUT2D eigenvalue weighted by atomic mass is 10.2. The highest BCUT2D eigenvalue weighted by atomic mass is 19.4. The van der Waals surface area contributed by atoms with E-state index in [9.17, 15) is 18.0 Å². The standard InChI is InChI=1S/C12H13F3N2O2/c13-12(14,15)19-10-4-2-1-3-9(10)11(18)17-6-5-8(16)7-17/h1-4,8H,5-7,16H2. The highest BCUT2D eigenvalue weighted by Gasteiger charge is 2.34. The van der Waals surface area contributed by atoms with Gasteiger partial charge in [0.25, 0.3) is 5.91 Å². The zero-order chi connectivity index (χ0) is 14.0. The molecule has 2 N–H and O–H groups in total. The number of halogens is 3. The summed E-state index contributed by atoms with van der Waals surface area (Å²) in [4.78, 5) is 13.6. The molecule has 0 spiro atoms. The summed E-state index contributed by atoms with van der Waals surface area (Å²) in [6.07, 6.45) is -4.17. The number of carbonyl (C=O) groups excluding carboxylic acids is 1. The smallest absolute Gasteiger partial charge is 0.405 e. The Morgan fingerprint density at radius 3 is 2.63 bits per heavy atom. The van der Waals surface area contributed by atoms with Crippen molar-refractivity contribution in [3.8, 4) is 5.75 Å². The molecule has 1 aromatic rings. The Hall–Kier alpha value is -1.76. The number of ether oxygens (including phenoxy) is 1. The van der Waals surface area contributed by atoms with Gasteiger partial charge in [-0.1, -0.05) is 12.1 Å². The summed E-state index contributed by atoms with van der Waals surface area (Å²) in [6, 6.07) is 5.18. The number of benzene rings is 1. The second kappa shape index (κ2) is 5.08. The molecule has 104 valence electrons. The topological polar surface area (TPSA) is 55.6 Å². The molecule has 1 aliphatic heterocycles. The quantitative estimate of drug-likeness (QED) is 0.894. The van der Waals surface area contributed by atoms with E-state index in [1.165, 1.54) is 23.1 Å². The summed E-state index contributed by atoms with van der Waals surface area (Å²) < 4.78 is 40.6. The highest BCUT2D eigenvalue weighted by Crippen LogP contribution is 2.27. The molecule has 0 radical (unpaired) electrons. The molecule has 4 nitrogen and oxygen atoms in total. The van der Waals surface area contributed by atoms with Crippen LogP contribution in [-0.2, 0) is 0 Å². The molecule has 7 heteroatoms. The van der Waals surface area contributed by atoms with Gasteiger partial charge >= 0.3 is 6.36 Å². The molecule has 1 aliphatic rings. The second-order valence-electron chi connectivity index (χ2n) is 4.34. The molecular formula is C12H13F3N2O2. The van der Waals surface area contributed by atoms with Crippen molar-refractivity contribution in [1.29, 1.82) is 0 Å². The minimum absolute atomic E-state index is 0.103. The van der Waals surface area contributed by atoms with Gasteiger partial charge in [-0.2, -0.15) is 0 Å². The molecule has 19 heavy (non-hydrogen) atoms. The summed E-state index contributed by atoms with van der Waals surface area (Å²) in [5, 5.41) is 0. The van der Waals surface area contributed by atoms with Crippen LogP contribution in [-0.4, -0.2) is 36.3 Å². The van der Waals surface area contributed by atoms with Crippen LogP contribution < -0.4 is 10.5 Å². The highest BCUT2D eigenvalue weighted by molar-refractivity contribution is 5.97. The van der Waals surface area contributed by atoms with Gasteiger partial charge in [-0.3, -0.25) is 4.79 Å². The Morgan fingerprint density at radius 1 is 1.37 bits per heavy atom. The number of rotatable bonds is 2. The third-order valence-electron chi connectivity index (χ3n) is 2.86. The van der Waals surface area contributed by atoms with Gasteiger partial charge in [0.15, 0.2) is 0 Å².